The number of rotatable bonds is 6. The topological polar surface area (TPSA) is 107 Å². The molecule has 1 aliphatic heterocycles. The fourth-order valence-corrected chi connectivity index (χ4v) is 3.63. The quantitative estimate of drug-likeness (QED) is 0.756. The molecule has 1 N–H and O–H groups in total. The highest BCUT2D eigenvalue weighted by molar-refractivity contribution is 7.89. The summed E-state index contributed by atoms with van der Waals surface area (Å²) in [6.45, 7) is 1.66. The summed E-state index contributed by atoms with van der Waals surface area (Å²) in [6, 6.07) is 7.37. The van der Waals surface area contributed by atoms with Crippen molar-refractivity contribution in [1.29, 1.82) is 0 Å². The van der Waals surface area contributed by atoms with Gasteiger partial charge in [0.2, 0.25) is 22.7 Å². The van der Waals surface area contributed by atoms with Crippen LogP contribution in [0, 0.1) is 0 Å². The van der Waals surface area contributed by atoms with Crippen molar-refractivity contribution in [3.8, 4) is 11.5 Å². The molecule has 0 aliphatic carbocycles. The first-order valence-electron chi connectivity index (χ1n) is 8.50. The van der Waals surface area contributed by atoms with Gasteiger partial charge in [-0.3, -0.25) is 9.59 Å². The molecule has 150 valence electrons. The molecule has 10 heteroatoms. The lowest BCUT2D eigenvalue weighted by Crippen LogP contribution is -2.34. The Hall–Kier alpha value is -2.85. The fourth-order valence-electron chi connectivity index (χ4n) is 2.70. The van der Waals surface area contributed by atoms with Gasteiger partial charge in [0.1, 0.15) is 6.54 Å². The van der Waals surface area contributed by atoms with E-state index in [1.165, 1.54) is 26.4 Å². The highest BCUT2D eigenvalue weighted by Gasteiger charge is 2.20. The molecule has 1 atom stereocenters. The molecule has 3 rings (SSSR count). The van der Waals surface area contributed by atoms with Crippen molar-refractivity contribution in [3.63, 3.8) is 0 Å². The summed E-state index contributed by atoms with van der Waals surface area (Å²) in [7, 11) is -0.921. The third-order valence-corrected chi connectivity index (χ3v) is 6.12. The highest BCUT2D eigenvalue weighted by Crippen LogP contribution is 2.34. The maximum absolute atomic E-state index is 12.4. The van der Waals surface area contributed by atoms with Gasteiger partial charge >= 0.3 is 0 Å². The van der Waals surface area contributed by atoms with E-state index in [1.54, 1.807) is 19.1 Å². The summed E-state index contributed by atoms with van der Waals surface area (Å²) in [5.74, 6) is 0.829. The molecular weight excluding hydrogens is 386 g/mol. The summed E-state index contributed by atoms with van der Waals surface area (Å²) in [6.07, 6.45) is 1.17. The van der Waals surface area contributed by atoms with Gasteiger partial charge in [-0.05, 0) is 30.7 Å². The number of pyridine rings is 1. The van der Waals surface area contributed by atoms with E-state index in [-0.39, 0.29) is 24.3 Å². The molecule has 0 unspecified atom stereocenters. The highest BCUT2D eigenvalue weighted by atomic mass is 32.2. The normalized spacial score (nSPS) is 14.1. The number of aromatic nitrogens is 1. The van der Waals surface area contributed by atoms with Crippen LogP contribution in [0.3, 0.4) is 0 Å². The monoisotopic (exact) mass is 407 g/mol. The number of sulfonamides is 1. The smallest absolute Gasteiger partial charge is 0.251 e. The van der Waals surface area contributed by atoms with E-state index >= 15 is 0 Å². The molecule has 2 aromatic rings. The van der Waals surface area contributed by atoms with Crippen LogP contribution in [0.4, 0.5) is 0 Å². The summed E-state index contributed by atoms with van der Waals surface area (Å²) < 4.78 is 37.1. The van der Waals surface area contributed by atoms with Gasteiger partial charge in [-0.2, -0.15) is 0 Å². The van der Waals surface area contributed by atoms with E-state index < -0.39 is 21.5 Å². The number of nitrogens with one attached hydrogen (secondary N) is 1. The number of amides is 1. The third-order valence-electron chi connectivity index (χ3n) is 4.32. The first kappa shape index (κ1) is 19.9. The predicted octanol–water partition coefficient (Wildman–Crippen LogP) is 0.705. The van der Waals surface area contributed by atoms with Crippen LogP contribution in [-0.2, 0) is 21.4 Å². The van der Waals surface area contributed by atoms with Crippen LogP contribution >= 0.6 is 0 Å². The van der Waals surface area contributed by atoms with Crippen LogP contribution in [0.1, 0.15) is 18.5 Å². The Balaban J connectivity index is 1.73. The molecule has 1 aromatic heterocycles. The minimum atomic E-state index is -3.71. The van der Waals surface area contributed by atoms with E-state index in [0.29, 0.717) is 11.5 Å². The van der Waals surface area contributed by atoms with Crippen LogP contribution in [-0.4, -0.2) is 44.1 Å². The molecule has 1 amide bonds. The molecule has 0 spiro atoms. The van der Waals surface area contributed by atoms with Crippen molar-refractivity contribution >= 4 is 15.9 Å². The van der Waals surface area contributed by atoms with Gasteiger partial charge in [-0.25, -0.2) is 12.7 Å². The average Bonchev–Trinajstić information content (AvgIpc) is 3.10. The summed E-state index contributed by atoms with van der Waals surface area (Å²) in [4.78, 5) is 24.4. The lowest BCUT2D eigenvalue weighted by Gasteiger charge is -2.16. The lowest BCUT2D eigenvalue weighted by atomic mass is 10.1. The molecule has 28 heavy (non-hydrogen) atoms. The zero-order valence-corrected chi connectivity index (χ0v) is 16.5. The Morgan fingerprint density at radius 3 is 2.64 bits per heavy atom. The molecule has 2 heterocycles. The second-order valence-electron chi connectivity index (χ2n) is 6.52. The fraction of sp³-hybridized carbons (Fsp3) is 0.333. The molecule has 0 saturated carbocycles. The Bertz CT molecular complexity index is 1060. The van der Waals surface area contributed by atoms with Crippen LogP contribution in [0.2, 0.25) is 0 Å². The van der Waals surface area contributed by atoms with Gasteiger partial charge in [-0.1, -0.05) is 6.07 Å². The molecule has 9 nitrogen and oxygen atoms in total. The van der Waals surface area contributed by atoms with Gasteiger partial charge in [0.25, 0.3) is 5.56 Å². The second-order valence-corrected chi connectivity index (χ2v) is 8.67. The van der Waals surface area contributed by atoms with Crippen molar-refractivity contribution in [2.45, 2.75) is 24.4 Å². The average molecular weight is 407 g/mol. The largest absolute Gasteiger partial charge is 0.454 e. The Labute approximate surface area is 162 Å². The van der Waals surface area contributed by atoms with Crippen LogP contribution in [0.5, 0.6) is 11.5 Å². The minimum Gasteiger partial charge on any atom is -0.454 e. The Morgan fingerprint density at radius 1 is 1.21 bits per heavy atom. The predicted molar refractivity (Wildman–Crippen MR) is 101 cm³/mol. The molecule has 0 bridgehead atoms. The summed E-state index contributed by atoms with van der Waals surface area (Å²) >= 11 is 0. The van der Waals surface area contributed by atoms with Gasteiger partial charge in [0, 0.05) is 26.4 Å². The van der Waals surface area contributed by atoms with Crippen LogP contribution < -0.4 is 20.3 Å². The number of hydrogen-bond acceptors (Lipinski definition) is 6. The summed E-state index contributed by atoms with van der Waals surface area (Å²) in [5.41, 5.74) is 0.345. The molecule has 0 radical (unpaired) electrons. The first-order chi connectivity index (χ1) is 13.2. The zero-order chi connectivity index (χ0) is 20.5. The minimum absolute atomic E-state index is 0.0614. The van der Waals surface area contributed by atoms with Crippen molar-refractivity contribution in [2.75, 3.05) is 20.9 Å². The van der Waals surface area contributed by atoms with Crippen LogP contribution in [0.15, 0.2) is 46.2 Å². The zero-order valence-electron chi connectivity index (χ0n) is 15.7. The third kappa shape index (κ3) is 4.02. The van der Waals surface area contributed by atoms with Crippen molar-refractivity contribution in [2.24, 2.45) is 0 Å². The molecular formula is C18H21N3O6S. The summed E-state index contributed by atoms with van der Waals surface area (Å²) in [5, 5.41) is 2.79. The van der Waals surface area contributed by atoms with E-state index in [9.17, 15) is 18.0 Å². The van der Waals surface area contributed by atoms with E-state index in [2.05, 4.69) is 5.32 Å². The molecule has 1 aliphatic rings. The van der Waals surface area contributed by atoms with Gasteiger partial charge < -0.3 is 19.4 Å². The maximum Gasteiger partial charge on any atom is 0.251 e. The Morgan fingerprint density at radius 2 is 1.93 bits per heavy atom. The number of carbonyl (C=O) groups excluding carboxylic acids is 1. The van der Waals surface area contributed by atoms with Crippen molar-refractivity contribution < 1.29 is 22.7 Å². The van der Waals surface area contributed by atoms with Crippen LogP contribution in [0.25, 0.3) is 0 Å². The van der Waals surface area contributed by atoms with Gasteiger partial charge in [-0.15, -0.1) is 0 Å². The number of benzene rings is 1. The van der Waals surface area contributed by atoms with Crippen molar-refractivity contribution in [1.82, 2.24) is 14.2 Å². The van der Waals surface area contributed by atoms with Crippen molar-refractivity contribution in [3.05, 3.63) is 52.4 Å². The van der Waals surface area contributed by atoms with E-state index in [4.69, 9.17) is 9.47 Å². The molecule has 1 aromatic carbocycles. The molecule has 0 fully saturated rings. The van der Waals surface area contributed by atoms with Gasteiger partial charge in [0.15, 0.2) is 11.5 Å². The number of carbonyl (C=O) groups is 1. The number of hydrogen-bond donors (Lipinski definition) is 1. The molecule has 0 saturated heterocycles. The second kappa shape index (κ2) is 7.64. The maximum atomic E-state index is 12.4. The van der Waals surface area contributed by atoms with E-state index in [1.807, 2.05) is 6.07 Å². The Kier molecular flexibility index (Phi) is 5.43. The van der Waals surface area contributed by atoms with Gasteiger partial charge in [0.05, 0.1) is 10.9 Å². The standard InChI is InChI=1S/C18H21N3O6S/c1-12(13-4-6-15-16(8-13)27-11-26-15)19-17(22)10-21-9-14(5-7-18(21)23)28(24,25)20(2)3/h4-9,12H,10-11H2,1-3H3,(H,19,22)/t12-/m1/s1. The lowest BCUT2D eigenvalue weighted by molar-refractivity contribution is -0.122. The number of ether oxygens (including phenoxy) is 2. The van der Waals surface area contributed by atoms with E-state index in [0.717, 1.165) is 20.5 Å². The first-order valence-corrected chi connectivity index (χ1v) is 9.94. The number of nitrogens with zero attached hydrogens (tertiary/aromatic N) is 2. The SMILES string of the molecule is C[C@@H](NC(=O)Cn1cc(S(=O)(=O)N(C)C)ccc1=O)c1ccc2c(c1)OCO2. The number of fused-ring (bicyclic) bond motifs is 1.